The van der Waals surface area contributed by atoms with Crippen LogP contribution in [0.3, 0.4) is 0 Å². The highest BCUT2D eigenvalue weighted by molar-refractivity contribution is 6.08. The summed E-state index contributed by atoms with van der Waals surface area (Å²) in [5.74, 6) is 0. The summed E-state index contributed by atoms with van der Waals surface area (Å²) in [5.41, 5.74) is 15.9. The minimum absolute atomic E-state index is 0.0877. The molecule has 2 aliphatic rings. The second-order valence-corrected chi connectivity index (χ2v) is 14.8. The molecule has 0 aliphatic heterocycles. The molecular formula is C51H38N2. The van der Waals surface area contributed by atoms with Gasteiger partial charge in [-0.1, -0.05) is 141 Å². The molecule has 0 saturated carbocycles. The summed E-state index contributed by atoms with van der Waals surface area (Å²) < 4.78 is 2.46. The second kappa shape index (κ2) is 12.3. The van der Waals surface area contributed by atoms with E-state index in [1.54, 1.807) is 0 Å². The molecule has 0 bridgehead atoms. The molecule has 2 heteroatoms. The maximum atomic E-state index is 3.44. The van der Waals surface area contributed by atoms with E-state index >= 15 is 0 Å². The largest absolute Gasteiger partial charge is 0.333 e. The van der Waals surface area contributed by atoms with Crippen LogP contribution in [-0.2, 0) is 5.41 Å². The van der Waals surface area contributed by atoms with Crippen LogP contribution in [0, 0.1) is 12.1 Å². The number of benzene rings is 6. The van der Waals surface area contributed by atoms with E-state index in [0.717, 1.165) is 28.9 Å². The fraction of sp³-hybridized carbons (Fsp3) is 0.0980. The Balaban J connectivity index is 1.06. The molecule has 2 aliphatic carbocycles. The number of anilines is 3. The highest BCUT2D eigenvalue weighted by atomic mass is 15.1. The van der Waals surface area contributed by atoms with Gasteiger partial charge in [-0.25, -0.2) is 0 Å². The molecule has 0 N–H and O–H groups in total. The van der Waals surface area contributed by atoms with E-state index in [2.05, 4.69) is 205 Å². The summed E-state index contributed by atoms with van der Waals surface area (Å²) in [6.45, 7) is 4.70. The van der Waals surface area contributed by atoms with Crippen LogP contribution in [0.1, 0.15) is 37.4 Å². The Kier molecular flexibility index (Phi) is 7.24. The third kappa shape index (κ3) is 5.12. The van der Waals surface area contributed by atoms with Crippen LogP contribution in [0.15, 0.2) is 176 Å². The lowest BCUT2D eigenvalue weighted by atomic mass is 9.82. The van der Waals surface area contributed by atoms with Gasteiger partial charge in [-0.3, -0.25) is 0 Å². The Labute approximate surface area is 311 Å². The van der Waals surface area contributed by atoms with Crippen LogP contribution in [0.4, 0.5) is 17.1 Å². The fourth-order valence-electron chi connectivity index (χ4n) is 8.67. The zero-order valence-electron chi connectivity index (χ0n) is 29.9. The van der Waals surface area contributed by atoms with Crippen molar-refractivity contribution in [3.63, 3.8) is 0 Å². The maximum absolute atomic E-state index is 3.44. The zero-order valence-corrected chi connectivity index (χ0v) is 29.9. The average molecular weight is 679 g/mol. The third-order valence-corrected chi connectivity index (χ3v) is 11.4. The molecule has 0 radical (unpaired) electrons. The Morgan fingerprint density at radius 1 is 0.585 bits per heavy atom. The van der Waals surface area contributed by atoms with E-state index in [0.29, 0.717) is 0 Å². The van der Waals surface area contributed by atoms with E-state index in [1.807, 2.05) is 6.07 Å². The Morgan fingerprint density at radius 3 is 2.00 bits per heavy atom. The number of aromatic nitrogens is 1. The predicted octanol–water partition coefficient (Wildman–Crippen LogP) is 13.6. The summed E-state index contributed by atoms with van der Waals surface area (Å²) in [4.78, 5) is 2.39. The summed E-state index contributed by atoms with van der Waals surface area (Å²) in [6, 6.07) is 62.4. The molecule has 1 unspecified atom stereocenters. The first-order valence-electron chi connectivity index (χ1n) is 18.5. The van der Waals surface area contributed by atoms with Crippen LogP contribution in [0.25, 0.3) is 55.2 Å². The normalized spacial score (nSPS) is 15.3. The van der Waals surface area contributed by atoms with Crippen LogP contribution in [0.5, 0.6) is 0 Å². The van der Waals surface area contributed by atoms with Gasteiger partial charge in [0.05, 0.1) is 22.5 Å². The maximum Gasteiger partial charge on any atom is 0.0589 e. The molecule has 8 aromatic rings. The topological polar surface area (TPSA) is 8.17 Å². The van der Waals surface area contributed by atoms with Crippen LogP contribution in [-0.4, -0.2) is 4.57 Å². The highest BCUT2D eigenvalue weighted by Gasteiger charge is 2.35. The van der Waals surface area contributed by atoms with Gasteiger partial charge < -0.3 is 9.47 Å². The lowest BCUT2D eigenvalue weighted by molar-refractivity contribution is 0.648. The lowest BCUT2D eigenvalue weighted by Gasteiger charge is -2.28. The molecule has 1 atom stereocenters. The highest BCUT2D eigenvalue weighted by Crippen LogP contribution is 2.50. The van der Waals surface area contributed by atoms with Gasteiger partial charge in [0.2, 0.25) is 0 Å². The number of allylic oxidation sites excluding steroid dienone is 4. The number of rotatable bonds is 6. The minimum Gasteiger partial charge on any atom is -0.333 e. The van der Waals surface area contributed by atoms with Gasteiger partial charge in [0.1, 0.15) is 0 Å². The molecule has 10 rings (SSSR count). The Morgan fingerprint density at radius 2 is 1.25 bits per heavy atom. The van der Waals surface area contributed by atoms with Gasteiger partial charge >= 0.3 is 0 Å². The molecule has 53 heavy (non-hydrogen) atoms. The molecular weight excluding hydrogens is 641 g/mol. The monoisotopic (exact) mass is 678 g/mol. The quantitative estimate of drug-likeness (QED) is 0.170. The Bertz CT molecular complexity index is 2710. The van der Waals surface area contributed by atoms with E-state index in [9.17, 15) is 0 Å². The smallest absolute Gasteiger partial charge is 0.0589 e. The molecule has 0 amide bonds. The van der Waals surface area contributed by atoms with E-state index in [-0.39, 0.29) is 11.5 Å². The van der Waals surface area contributed by atoms with E-state index in [1.165, 1.54) is 60.9 Å². The van der Waals surface area contributed by atoms with Crippen molar-refractivity contribution in [3.8, 4) is 33.4 Å². The van der Waals surface area contributed by atoms with Crippen molar-refractivity contribution in [1.29, 1.82) is 0 Å². The lowest BCUT2D eigenvalue weighted by Crippen LogP contribution is -2.16. The van der Waals surface area contributed by atoms with Crippen LogP contribution in [0.2, 0.25) is 0 Å². The molecule has 252 valence electrons. The van der Waals surface area contributed by atoms with Gasteiger partial charge in [0, 0.05) is 27.9 Å². The third-order valence-electron chi connectivity index (χ3n) is 11.4. The fourth-order valence-corrected chi connectivity index (χ4v) is 8.67. The SMILES string of the molecule is CC1(C)c2ccccc2-c2ccc(N(c3ccc(-c4ccccc4)cc3)c3ccc(-c4ccc5c(c4)c4c#cccc4n5C4C=CC=CC4)cc3)cc21. The van der Waals surface area contributed by atoms with Gasteiger partial charge in [-0.05, 0) is 112 Å². The first kappa shape index (κ1) is 31.2. The van der Waals surface area contributed by atoms with Gasteiger partial charge in [0.15, 0.2) is 0 Å². The Hall–Kier alpha value is -6.56. The molecule has 0 spiro atoms. The molecule has 1 heterocycles. The number of hydrogen-bond acceptors (Lipinski definition) is 1. The van der Waals surface area contributed by atoms with Crippen molar-refractivity contribution in [1.82, 2.24) is 4.57 Å². The van der Waals surface area contributed by atoms with E-state index in [4.69, 9.17) is 0 Å². The van der Waals surface area contributed by atoms with Crippen LogP contribution >= 0.6 is 0 Å². The zero-order chi connectivity index (χ0) is 35.5. The van der Waals surface area contributed by atoms with Crippen LogP contribution < -0.4 is 4.90 Å². The summed E-state index contributed by atoms with van der Waals surface area (Å²) in [6.07, 6.45) is 9.82. The van der Waals surface area contributed by atoms with Crippen molar-refractivity contribution in [2.75, 3.05) is 4.90 Å². The van der Waals surface area contributed by atoms with E-state index < -0.39 is 0 Å². The van der Waals surface area contributed by atoms with Crippen molar-refractivity contribution in [2.24, 2.45) is 0 Å². The van der Waals surface area contributed by atoms with Crippen molar-refractivity contribution >= 4 is 38.9 Å². The van der Waals surface area contributed by atoms with Gasteiger partial charge in [0.25, 0.3) is 0 Å². The molecule has 0 saturated heterocycles. The molecule has 2 nitrogen and oxygen atoms in total. The number of nitrogens with zero attached hydrogens (tertiary/aromatic N) is 2. The second-order valence-electron chi connectivity index (χ2n) is 14.8. The standard InChI is InChI=1S/C51H38N2/c1-51(2)47-19-11-9-17-43(47)44-31-30-42(34-48(44)51)52(40-26-21-36(22-27-40)35-13-5-3-6-14-35)41-28-23-37(24-29-41)38-25-32-50-46(33-38)45-18-10-12-20-49(45)53(50)39-15-7-4-8-16-39/h3-9,11-15,17,19-34,39H,16H2,1-2H3. The first-order chi connectivity index (χ1) is 26.0. The number of fused-ring (bicyclic) bond motifs is 6. The van der Waals surface area contributed by atoms with Crippen molar-refractivity contribution in [3.05, 3.63) is 199 Å². The predicted molar refractivity (Wildman–Crippen MR) is 222 cm³/mol. The first-order valence-corrected chi connectivity index (χ1v) is 18.5. The number of hydrogen-bond donors (Lipinski definition) is 0. The summed E-state index contributed by atoms with van der Waals surface area (Å²) in [5, 5.41) is 2.33. The molecule has 7 aromatic carbocycles. The van der Waals surface area contributed by atoms with Crippen molar-refractivity contribution in [2.45, 2.75) is 31.7 Å². The summed E-state index contributed by atoms with van der Waals surface area (Å²) in [7, 11) is 0. The average Bonchev–Trinajstić information content (AvgIpc) is 3.67. The molecule has 0 fully saturated rings. The van der Waals surface area contributed by atoms with Gasteiger partial charge in [-0.2, -0.15) is 0 Å². The molecule has 1 aromatic heterocycles. The van der Waals surface area contributed by atoms with Crippen molar-refractivity contribution < 1.29 is 0 Å². The van der Waals surface area contributed by atoms with Gasteiger partial charge in [-0.15, -0.1) is 0 Å². The summed E-state index contributed by atoms with van der Waals surface area (Å²) >= 11 is 0. The minimum atomic E-state index is -0.0877.